The molecule has 1 aliphatic rings. The number of nitrogens with zero attached hydrogens (tertiary/aromatic N) is 1. The Morgan fingerprint density at radius 2 is 2.14 bits per heavy atom. The van der Waals surface area contributed by atoms with E-state index in [9.17, 15) is 12.8 Å². The van der Waals surface area contributed by atoms with E-state index in [1.54, 1.807) is 7.11 Å². The fourth-order valence-electron chi connectivity index (χ4n) is 2.44. The number of ether oxygens (including phenoxy) is 1. The average Bonchev–Trinajstić information content (AvgIpc) is 2.42. The number of piperidine rings is 1. The van der Waals surface area contributed by atoms with Crippen LogP contribution in [0.3, 0.4) is 0 Å². The van der Waals surface area contributed by atoms with Gasteiger partial charge in [-0.1, -0.05) is 0 Å². The quantitative estimate of drug-likeness (QED) is 0.816. The molecule has 0 spiro atoms. The Hall–Kier alpha value is -0.700. The third-order valence-corrected chi connectivity index (χ3v) is 6.17. The zero-order chi connectivity index (χ0) is 15.8. The van der Waals surface area contributed by atoms with Gasteiger partial charge in [0.05, 0.1) is 10.1 Å². The summed E-state index contributed by atoms with van der Waals surface area (Å²) in [5, 5.41) is 0. The van der Waals surface area contributed by atoms with Crippen molar-refractivity contribution in [3.05, 3.63) is 22.4 Å². The van der Waals surface area contributed by atoms with Crippen LogP contribution >= 0.6 is 15.9 Å². The van der Waals surface area contributed by atoms with Gasteiger partial charge in [0.1, 0.15) is 4.90 Å². The first-order chi connectivity index (χ1) is 9.69. The molecule has 0 bridgehead atoms. The van der Waals surface area contributed by atoms with Crippen molar-refractivity contribution in [2.24, 2.45) is 0 Å². The van der Waals surface area contributed by atoms with E-state index in [4.69, 9.17) is 10.5 Å². The summed E-state index contributed by atoms with van der Waals surface area (Å²) in [7, 11) is -2.40. The molecule has 0 aliphatic carbocycles. The molecule has 8 heteroatoms. The first kappa shape index (κ1) is 16.7. The van der Waals surface area contributed by atoms with Crippen LogP contribution in [0.1, 0.15) is 19.8 Å². The van der Waals surface area contributed by atoms with Crippen LogP contribution in [-0.2, 0) is 14.8 Å². The van der Waals surface area contributed by atoms with E-state index in [1.807, 2.05) is 6.92 Å². The highest BCUT2D eigenvalue weighted by Crippen LogP contribution is 2.32. The monoisotopic (exact) mass is 380 g/mol. The number of hydrogen-bond donors (Lipinski definition) is 1. The molecule has 1 aliphatic heterocycles. The lowest BCUT2D eigenvalue weighted by Crippen LogP contribution is -2.49. The summed E-state index contributed by atoms with van der Waals surface area (Å²) >= 11 is 2.99. The van der Waals surface area contributed by atoms with E-state index in [0.29, 0.717) is 13.0 Å². The number of sulfonamides is 1. The number of halogens is 2. The van der Waals surface area contributed by atoms with Crippen LogP contribution in [0, 0.1) is 5.82 Å². The average molecular weight is 381 g/mol. The first-order valence-electron chi connectivity index (χ1n) is 6.49. The number of nitrogen functional groups attached to an aromatic ring is 1. The topological polar surface area (TPSA) is 72.6 Å². The van der Waals surface area contributed by atoms with Gasteiger partial charge in [0, 0.05) is 25.9 Å². The van der Waals surface area contributed by atoms with E-state index in [1.165, 1.54) is 10.4 Å². The maximum absolute atomic E-state index is 14.2. The SMILES string of the molecule is COC1(C)CCCN(S(=O)(=O)c2cc(N)cc(Br)c2F)C1. The molecular weight excluding hydrogens is 363 g/mol. The molecule has 118 valence electrons. The lowest BCUT2D eigenvalue weighted by molar-refractivity contribution is -0.0319. The van der Waals surface area contributed by atoms with Crippen LogP contribution in [-0.4, -0.2) is 38.5 Å². The number of rotatable bonds is 3. The molecule has 1 heterocycles. The van der Waals surface area contributed by atoms with Crippen LogP contribution in [0.4, 0.5) is 10.1 Å². The molecule has 1 unspecified atom stereocenters. The standard InChI is InChI=1S/C13H18BrFN2O3S/c1-13(20-2)4-3-5-17(8-13)21(18,19)11-7-9(16)6-10(14)12(11)15/h6-7H,3-5,8,16H2,1-2H3. The molecule has 2 rings (SSSR count). The van der Waals surface area contributed by atoms with Crippen molar-refractivity contribution < 1.29 is 17.5 Å². The van der Waals surface area contributed by atoms with E-state index in [2.05, 4.69) is 15.9 Å². The van der Waals surface area contributed by atoms with Crippen LogP contribution in [0.15, 0.2) is 21.5 Å². The summed E-state index contributed by atoms with van der Waals surface area (Å²) in [4.78, 5) is -0.408. The Morgan fingerprint density at radius 1 is 1.48 bits per heavy atom. The maximum atomic E-state index is 14.2. The van der Waals surface area contributed by atoms with Crippen LogP contribution in [0.2, 0.25) is 0 Å². The summed E-state index contributed by atoms with van der Waals surface area (Å²) in [6.07, 6.45) is 1.42. The Bertz CT molecular complexity index is 653. The Kier molecular flexibility index (Phi) is 4.63. The number of methoxy groups -OCH3 is 1. The van der Waals surface area contributed by atoms with Gasteiger partial charge in [0.25, 0.3) is 0 Å². The molecular formula is C13H18BrFN2O3S. The molecule has 21 heavy (non-hydrogen) atoms. The molecule has 1 aromatic rings. The number of hydrogen-bond acceptors (Lipinski definition) is 4. The molecule has 2 N–H and O–H groups in total. The summed E-state index contributed by atoms with van der Waals surface area (Å²) in [5.74, 6) is -0.825. The second-order valence-electron chi connectivity index (χ2n) is 5.41. The fraction of sp³-hybridized carbons (Fsp3) is 0.538. The number of benzene rings is 1. The first-order valence-corrected chi connectivity index (χ1v) is 8.73. The largest absolute Gasteiger partial charge is 0.399 e. The Balaban J connectivity index is 2.43. The predicted octanol–water partition coefficient (Wildman–Crippen LogP) is 2.36. The third kappa shape index (κ3) is 3.23. The molecule has 1 aromatic carbocycles. The molecule has 5 nitrogen and oxygen atoms in total. The fourth-order valence-corrected chi connectivity index (χ4v) is 4.76. The number of anilines is 1. The summed E-state index contributed by atoms with van der Waals surface area (Å²) in [6, 6.07) is 2.48. The summed E-state index contributed by atoms with van der Waals surface area (Å²) in [6.45, 7) is 2.38. The molecule has 0 aromatic heterocycles. The van der Waals surface area contributed by atoms with E-state index < -0.39 is 26.3 Å². The van der Waals surface area contributed by atoms with Gasteiger partial charge in [-0.25, -0.2) is 12.8 Å². The number of nitrogens with two attached hydrogens (primary N) is 1. The zero-order valence-corrected chi connectivity index (χ0v) is 14.3. The minimum absolute atomic E-state index is 0.0348. The van der Waals surface area contributed by atoms with E-state index in [0.717, 1.165) is 12.5 Å². The molecule has 0 saturated carbocycles. The summed E-state index contributed by atoms with van der Waals surface area (Å²) < 4.78 is 46.2. The smallest absolute Gasteiger partial charge is 0.246 e. The maximum Gasteiger partial charge on any atom is 0.246 e. The van der Waals surface area contributed by atoms with E-state index >= 15 is 0 Å². The normalized spacial score (nSPS) is 24.2. The highest BCUT2D eigenvalue weighted by molar-refractivity contribution is 9.10. The minimum atomic E-state index is -3.95. The molecule has 1 fully saturated rings. The molecule has 0 amide bonds. The molecule has 1 saturated heterocycles. The van der Waals surface area contributed by atoms with Crippen molar-refractivity contribution in [2.45, 2.75) is 30.3 Å². The minimum Gasteiger partial charge on any atom is -0.399 e. The van der Waals surface area contributed by atoms with Crippen LogP contribution in [0.25, 0.3) is 0 Å². The van der Waals surface area contributed by atoms with Gasteiger partial charge in [0.15, 0.2) is 5.82 Å². The van der Waals surface area contributed by atoms with Gasteiger partial charge in [-0.05, 0) is 47.8 Å². The van der Waals surface area contributed by atoms with Gasteiger partial charge in [0.2, 0.25) is 10.0 Å². The van der Waals surface area contributed by atoms with Crippen molar-refractivity contribution in [3.63, 3.8) is 0 Å². The second kappa shape index (κ2) is 5.83. The predicted molar refractivity (Wildman–Crippen MR) is 81.9 cm³/mol. The van der Waals surface area contributed by atoms with Gasteiger partial charge in [-0.2, -0.15) is 4.31 Å². The van der Waals surface area contributed by atoms with Crippen molar-refractivity contribution >= 4 is 31.6 Å². The van der Waals surface area contributed by atoms with Crippen LogP contribution < -0.4 is 5.73 Å². The lowest BCUT2D eigenvalue weighted by Gasteiger charge is -2.38. The zero-order valence-electron chi connectivity index (χ0n) is 11.9. The van der Waals surface area contributed by atoms with Gasteiger partial charge >= 0.3 is 0 Å². The van der Waals surface area contributed by atoms with Crippen LogP contribution in [0.5, 0.6) is 0 Å². The van der Waals surface area contributed by atoms with Crippen molar-refractivity contribution in [3.8, 4) is 0 Å². The van der Waals surface area contributed by atoms with Gasteiger partial charge in [-0.3, -0.25) is 0 Å². The lowest BCUT2D eigenvalue weighted by atomic mass is 9.96. The highest BCUT2D eigenvalue weighted by Gasteiger charge is 2.38. The Morgan fingerprint density at radius 3 is 2.76 bits per heavy atom. The summed E-state index contributed by atoms with van der Waals surface area (Å²) in [5.41, 5.74) is 5.26. The highest BCUT2D eigenvalue weighted by atomic mass is 79.9. The van der Waals surface area contributed by atoms with Crippen molar-refractivity contribution in [1.82, 2.24) is 4.31 Å². The van der Waals surface area contributed by atoms with Crippen molar-refractivity contribution in [1.29, 1.82) is 0 Å². The molecule has 1 atom stereocenters. The van der Waals surface area contributed by atoms with E-state index in [-0.39, 0.29) is 16.7 Å². The third-order valence-electron chi connectivity index (χ3n) is 3.75. The van der Waals surface area contributed by atoms with Gasteiger partial charge < -0.3 is 10.5 Å². The second-order valence-corrected chi connectivity index (χ2v) is 8.17. The van der Waals surface area contributed by atoms with Crippen molar-refractivity contribution in [2.75, 3.05) is 25.9 Å². The molecule has 0 radical (unpaired) electrons. The Labute approximate surface area is 132 Å². The van der Waals surface area contributed by atoms with Gasteiger partial charge in [-0.15, -0.1) is 0 Å².